The van der Waals surface area contributed by atoms with E-state index in [0.717, 1.165) is 20.0 Å². The first-order valence-corrected chi connectivity index (χ1v) is 6.41. The molecule has 0 radical (unpaired) electrons. The van der Waals surface area contributed by atoms with Gasteiger partial charge in [-0.25, -0.2) is 9.97 Å². The fourth-order valence-electron chi connectivity index (χ4n) is 0.992. The monoisotopic (exact) mass is 253 g/mol. The molecule has 5 nitrogen and oxygen atoms in total. The van der Waals surface area contributed by atoms with Crippen LogP contribution < -0.4 is 0 Å². The molecule has 0 amide bonds. The molecule has 0 N–H and O–H groups in total. The van der Waals surface area contributed by atoms with Crippen molar-refractivity contribution in [3.63, 3.8) is 0 Å². The molecule has 3 rings (SSSR count). The van der Waals surface area contributed by atoms with E-state index < -0.39 is 0 Å². The molecule has 8 heteroatoms. The predicted molar refractivity (Wildman–Crippen MR) is 59.9 cm³/mol. The Morgan fingerprint density at radius 1 is 0.933 bits per heavy atom. The SMILES string of the molecule is c1csc(-c2nnc(-c3ncns3)s2)n1. The number of nitrogens with zero attached hydrogens (tertiary/aromatic N) is 5. The molecule has 0 aliphatic rings. The summed E-state index contributed by atoms with van der Waals surface area (Å²) in [6, 6.07) is 0. The van der Waals surface area contributed by atoms with E-state index in [2.05, 4.69) is 24.5 Å². The fourth-order valence-corrected chi connectivity index (χ4v) is 3.05. The minimum Gasteiger partial charge on any atom is -0.242 e. The first kappa shape index (κ1) is 9.01. The lowest BCUT2D eigenvalue weighted by atomic mass is 10.7. The first-order chi connectivity index (χ1) is 7.43. The second-order valence-electron chi connectivity index (χ2n) is 2.50. The molecular formula is C7H3N5S3. The molecule has 0 saturated carbocycles. The summed E-state index contributed by atoms with van der Waals surface area (Å²) in [5.41, 5.74) is 0. The van der Waals surface area contributed by atoms with E-state index >= 15 is 0 Å². The van der Waals surface area contributed by atoms with Crippen molar-refractivity contribution in [2.75, 3.05) is 0 Å². The summed E-state index contributed by atoms with van der Waals surface area (Å²) in [4.78, 5) is 8.25. The summed E-state index contributed by atoms with van der Waals surface area (Å²) in [5.74, 6) is 0. The maximum atomic E-state index is 4.17. The summed E-state index contributed by atoms with van der Waals surface area (Å²) in [7, 11) is 0. The Morgan fingerprint density at radius 2 is 1.80 bits per heavy atom. The molecule has 0 aliphatic heterocycles. The second kappa shape index (κ2) is 3.72. The van der Waals surface area contributed by atoms with Crippen molar-refractivity contribution in [1.82, 2.24) is 24.5 Å². The van der Waals surface area contributed by atoms with Crippen LogP contribution in [0.15, 0.2) is 17.9 Å². The van der Waals surface area contributed by atoms with Crippen molar-refractivity contribution in [3.05, 3.63) is 17.9 Å². The molecule has 3 heterocycles. The molecule has 0 saturated heterocycles. The maximum absolute atomic E-state index is 4.17. The number of rotatable bonds is 2. The zero-order chi connectivity index (χ0) is 10.1. The molecule has 0 unspecified atom stereocenters. The van der Waals surface area contributed by atoms with Gasteiger partial charge in [0.2, 0.25) is 0 Å². The third kappa shape index (κ3) is 1.66. The van der Waals surface area contributed by atoms with Gasteiger partial charge in [0.25, 0.3) is 0 Å². The number of hydrogen-bond donors (Lipinski definition) is 0. The van der Waals surface area contributed by atoms with Crippen molar-refractivity contribution in [3.8, 4) is 20.0 Å². The largest absolute Gasteiger partial charge is 0.242 e. The Morgan fingerprint density at radius 3 is 2.47 bits per heavy atom. The highest BCUT2D eigenvalue weighted by Gasteiger charge is 2.11. The van der Waals surface area contributed by atoms with E-state index in [1.807, 2.05) is 5.38 Å². The average Bonchev–Trinajstić information content (AvgIpc) is 3.02. The molecule has 74 valence electrons. The quantitative estimate of drug-likeness (QED) is 0.700. The van der Waals surface area contributed by atoms with Gasteiger partial charge >= 0.3 is 0 Å². The van der Waals surface area contributed by atoms with Crippen molar-refractivity contribution in [1.29, 1.82) is 0 Å². The number of aromatic nitrogens is 5. The molecule has 3 aromatic heterocycles. The van der Waals surface area contributed by atoms with Crippen molar-refractivity contribution in [2.45, 2.75) is 0 Å². The van der Waals surface area contributed by atoms with E-state index in [1.165, 1.54) is 29.2 Å². The molecular weight excluding hydrogens is 250 g/mol. The lowest BCUT2D eigenvalue weighted by Gasteiger charge is -1.82. The zero-order valence-corrected chi connectivity index (χ0v) is 9.64. The van der Waals surface area contributed by atoms with Crippen LogP contribution in [0.3, 0.4) is 0 Å². The molecule has 0 fully saturated rings. The Balaban J connectivity index is 2.02. The maximum Gasteiger partial charge on any atom is 0.178 e. The van der Waals surface area contributed by atoms with Crippen LogP contribution in [0, 0.1) is 0 Å². The normalized spacial score (nSPS) is 10.7. The Hall–Kier alpha value is -1.25. The van der Waals surface area contributed by atoms with Gasteiger partial charge in [-0.1, -0.05) is 11.3 Å². The summed E-state index contributed by atoms with van der Waals surface area (Å²) in [6.07, 6.45) is 3.27. The number of hydrogen-bond acceptors (Lipinski definition) is 8. The van der Waals surface area contributed by atoms with Crippen LogP contribution in [0.4, 0.5) is 0 Å². The van der Waals surface area contributed by atoms with Crippen molar-refractivity contribution >= 4 is 34.2 Å². The molecule has 0 atom stereocenters. The summed E-state index contributed by atoms with van der Waals surface area (Å²) >= 11 is 4.35. The van der Waals surface area contributed by atoms with Gasteiger partial charge < -0.3 is 0 Å². The van der Waals surface area contributed by atoms with Gasteiger partial charge in [0.1, 0.15) is 6.33 Å². The Kier molecular flexibility index (Phi) is 2.24. The van der Waals surface area contributed by atoms with E-state index in [-0.39, 0.29) is 0 Å². The zero-order valence-electron chi connectivity index (χ0n) is 7.19. The summed E-state index contributed by atoms with van der Waals surface area (Å²) in [5, 5.41) is 13.4. The van der Waals surface area contributed by atoms with Gasteiger partial charge in [0, 0.05) is 11.6 Å². The third-order valence-corrected chi connectivity index (χ3v) is 4.23. The molecule has 0 aromatic carbocycles. The highest BCUT2D eigenvalue weighted by Crippen LogP contribution is 2.30. The Labute approximate surface area is 96.7 Å². The van der Waals surface area contributed by atoms with Gasteiger partial charge in [-0.15, -0.1) is 21.5 Å². The number of thiazole rings is 1. The molecule has 0 aliphatic carbocycles. The van der Waals surface area contributed by atoms with Crippen LogP contribution >= 0.6 is 34.2 Å². The van der Waals surface area contributed by atoms with Gasteiger partial charge in [-0.3, -0.25) is 0 Å². The van der Waals surface area contributed by atoms with Crippen LogP contribution in [0.5, 0.6) is 0 Å². The highest BCUT2D eigenvalue weighted by molar-refractivity contribution is 7.24. The van der Waals surface area contributed by atoms with Crippen molar-refractivity contribution in [2.24, 2.45) is 0 Å². The van der Waals surface area contributed by atoms with Gasteiger partial charge in [0.05, 0.1) is 0 Å². The van der Waals surface area contributed by atoms with Gasteiger partial charge in [-0.2, -0.15) is 4.37 Å². The van der Waals surface area contributed by atoms with E-state index in [4.69, 9.17) is 0 Å². The van der Waals surface area contributed by atoms with E-state index in [1.54, 1.807) is 17.5 Å². The second-order valence-corrected chi connectivity index (χ2v) is 5.15. The van der Waals surface area contributed by atoms with E-state index in [9.17, 15) is 0 Å². The molecule has 15 heavy (non-hydrogen) atoms. The first-order valence-electron chi connectivity index (χ1n) is 3.94. The van der Waals surface area contributed by atoms with Crippen LogP contribution in [-0.4, -0.2) is 24.5 Å². The van der Waals surface area contributed by atoms with Gasteiger partial charge in [-0.05, 0) is 11.5 Å². The average molecular weight is 253 g/mol. The minimum atomic E-state index is 0.794. The van der Waals surface area contributed by atoms with Crippen LogP contribution in [0.25, 0.3) is 20.0 Å². The van der Waals surface area contributed by atoms with Crippen LogP contribution in [-0.2, 0) is 0 Å². The lowest BCUT2D eigenvalue weighted by molar-refractivity contribution is 1.09. The third-order valence-electron chi connectivity index (χ3n) is 1.58. The molecule has 0 bridgehead atoms. The topological polar surface area (TPSA) is 64.5 Å². The summed E-state index contributed by atoms with van der Waals surface area (Å²) in [6.45, 7) is 0. The van der Waals surface area contributed by atoms with Crippen LogP contribution in [0.1, 0.15) is 0 Å². The minimum absolute atomic E-state index is 0.794. The van der Waals surface area contributed by atoms with Gasteiger partial charge in [0.15, 0.2) is 20.0 Å². The highest BCUT2D eigenvalue weighted by atomic mass is 32.1. The smallest absolute Gasteiger partial charge is 0.178 e. The lowest BCUT2D eigenvalue weighted by Crippen LogP contribution is -1.74. The molecule has 0 spiro atoms. The van der Waals surface area contributed by atoms with E-state index in [0.29, 0.717) is 0 Å². The standard InChI is InChI=1S/C7H3N5S3/c1-2-13-4(8-1)6-11-12-7(14-6)5-9-3-10-15-5/h1-3H. The molecule has 3 aromatic rings. The predicted octanol–water partition coefficient (Wildman–Crippen LogP) is 2.18. The van der Waals surface area contributed by atoms with Crippen molar-refractivity contribution < 1.29 is 0 Å². The Bertz CT molecular complexity index is 492. The summed E-state index contributed by atoms with van der Waals surface area (Å²) < 4.78 is 3.93. The fraction of sp³-hybridized carbons (Fsp3) is 0. The van der Waals surface area contributed by atoms with Crippen LogP contribution in [0.2, 0.25) is 0 Å².